The second-order valence-electron chi connectivity index (χ2n) is 8.65. The molecule has 1 saturated heterocycles. The number of esters is 1. The van der Waals surface area contributed by atoms with Crippen molar-refractivity contribution in [2.45, 2.75) is 33.1 Å². The van der Waals surface area contributed by atoms with Gasteiger partial charge in [0.05, 0.1) is 6.10 Å². The smallest absolute Gasteiger partial charge is 0.342 e. The van der Waals surface area contributed by atoms with E-state index in [0.29, 0.717) is 18.0 Å². The zero-order valence-electron chi connectivity index (χ0n) is 19.6. The summed E-state index contributed by atoms with van der Waals surface area (Å²) < 4.78 is 24.4. The third-order valence-corrected chi connectivity index (χ3v) is 5.64. The summed E-state index contributed by atoms with van der Waals surface area (Å²) in [5.41, 5.74) is 2.61. The van der Waals surface area contributed by atoms with Gasteiger partial charge in [0.2, 0.25) is 0 Å². The van der Waals surface area contributed by atoms with E-state index in [1.165, 1.54) is 17.7 Å². The van der Waals surface area contributed by atoms with E-state index in [4.69, 9.17) is 9.47 Å². The molecule has 0 aliphatic carbocycles. The predicted octanol–water partition coefficient (Wildman–Crippen LogP) is 4.69. The van der Waals surface area contributed by atoms with Gasteiger partial charge in [0.25, 0.3) is 0 Å². The van der Waals surface area contributed by atoms with Crippen molar-refractivity contribution in [2.75, 3.05) is 31.1 Å². The van der Waals surface area contributed by atoms with E-state index in [1.54, 1.807) is 30.5 Å². The highest BCUT2D eigenvalue weighted by atomic mass is 19.1. The molecule has 0 radical (unpaired) electrons. The number of halogens is 1. The van der Waals surface area contributed by atoms with Crippen LogP contribution in [0.15, 0.2) is 66.9 Å². The van der Waals surface area contributed by atoms with E-state index < -0.39 is 0 Å². The molecule has 2 aromatic carbocycles. The average Bonchev–Trinajstić information content (AvgIpc) is 2.84. The summed E-state index contributed by atoms with van der Waals surface area (Å²) in [7, 11) is 0. The first-order chi connectivity index (χ1) is 16.5. The van der Waals surface area contributed by atoms with Crippen LogP contribution in [0.4, 0.5) is 10.2 Å². The van der Waals surface area contributed by atoms with Crippen LogP contribution < -0.4 is 9.64 Å². The van der Waals surface area contributed by atoms with Gasteiger partial charge in [-0.25, -0.2) is 14.2 Å². The van der Waals surface area contributed by atoms with Crippen molar-refractivity contribution in [3.8, 4) is 5.75 Å². The molecule has 0 saturated carbocycles. The van der Waals surface area contributed by atoms with Gasteiger partial charge in [0, 0.05) is 38.9 Å². The lowest BCUT2D eigenvalue weighted by Gasteiger charge is -2.36. The minimum atomic E-state index is -0.335. The molecule has 0 unspecified atom stereocenters. The summed E-state index contributed by atoms with van der Waals surface area (Å²) in [6.07, 6.45) is 1.54. The minimum Gasteiger partial charge on any atom is -0.489 e. The number of benzene rings is 2. The molecule has 0 atom stereocenters. The van der Waals surface area contributed by atoms with Crippen molar-refractivity contribution in [2.24, 2.45) is 0 Å². The van der Waals surface area contributed by atoms with Gasteiger partial charge in [-0.15, -0.1) is 0 Å². The van der Waals surface area contributed by atoms with Gasteiger partial charge in [0.15, 0.2) is 0 Å². The second kappa shape index (κ2) is 11.1. The Morgan fingerprint density at radius 2 is 1.76 bits per heavy atom. The van der Waals surface area contributed by atoms with Gasteiger partial charge in [-0.05, 0) is 61.4 Å². The third-order valence-electron chi connectivity index (χ3n) is 5.64. The standard InChI is InChI=1S/C27H30FN3O3/c1-20(2)34-27(32)25-7-4-12-29-26(25)31-15-13-30(14-16-31)18-22-5-3-6-24(17-22)33-19-21-8-10-23(28)11-9-21/h3-12,17,20H,13-16,18-19H2,1-2H3. The molecule has 1 aliphatic rings. The van der Waals surface area contributed by atoms with Crippen LogP contribution in [0.3, 0.4) is 0 Å². The quantitative estimate of drug-likeness (QED) is 0.452. The number of carbonyl (C=O) groups excluding carboxylic acids is 1. The van der Waals surface area contributed by atoms with Crippen LogP contribution in [0.1, 0.15) is 35.3 Å². The molecule has 1 fully saturated rings. The number of rotatable bonds is 8. The van der Waals surface area contributed by atoms with Crippen molar-refractivity contribution in [3.05, 3.63) is 89.4 Å². The molecule has 0 N–H and O–H groups in total. The van der Waals surface area contributed by atoms with Crippen molar-refractivity contribution in [1.82, 2.24) is 9.88 Å². The number of nitrogens with zero attached hydrogens (tertiary/aromatic N) is 3. The molecule has 34 heavy (non-hydrogen) atoms. The van der Waals surface area contributed by atoms with E-state index in [-0.39, 0.29) is 17.9 Å². The van der Waals surface area contributed by atoms with Gasteiger partial charge in [-0.2, -0.15) is 0 Å². The highest BCUT2D eigenvalue weighted by Gasteiger charge is 2.23. The fraction of sp³-hybridized carbons (Fsp3) is 0.333. The SMILES string of the molecule is CC(C)OC(=O)c1cccnc1N1CCN(Cc2cccc(OCc3ccc(F)cc3)c2)CC1. The lowest BCUT2D eigenvalue weighted by atomic mass is 10.1. The molecule has 2 heterocycles. The van der Waals surface area contributed by atoms with E-state index >= 15 is 0 Å². The van der Waals surface area contributed by atoms with Gasteiger partial charge in [-0.3, -0.25) is 4.90 Å². The Morgan fingerprint density at radius 1 is 1.00 bits per heavy atom. The minimum absolute atomic E-state index is 0.173. The summed E-state index contributed by atoms with van der Waals surface area (Å²) in [5.74, 6) is 0.893. The summed E-state index contributed by atoms with van der Waals surface area (Å²) in [6.45, 7) is 8.16. The van der Waals surface area contributed by atoms with Crippen molar-refractivity contribution in [1.29, 1.82) is 0 Å². The van der Waals surface area contributed by atoms with Crippen LogP contribution in [0.25, 0.3) is 0 Å². The van der Waals surface area contributed by atoms with Gasteiger partial charge >= 0.3 is 5.97 Å². The zero-order valence-corrected chi connectivity index (χ0v) is 19.6. The fourth-order valence-corrected chi connectivity index (χ4v) is 3.94. The number of carbonyl (C=O) groups is 1. The lowest BCUT2D eigenvalue weighted by molar-refractivity contribution is 0.0378. The maximum Gasteiger partial charge on any atom is 0.342 e. The van der Waals surface area contributed by atoms with Crippen molar-refractivity contribution < 1.29 is 18.7 Å². The Morgan fingerprint density at radius 3 is 2.50 bits per heavy atom. The van der Waals surface area contributed by atoms with E-state index in [9.17, 15) is 9.18 Å². The number of piperazine rings is 1. The Hall–Kier alpha value is -3.45. The molecule has 1 aliphatic heterocycles. The molecule has 1 aromatic heterocycles. The maximum atomic E-state index is 13.1. The summed E-state index contributed by atoms with van der Waals surface area (Å²) in [4.78, 5) is 21.5. The zero-order chi connectivity index (χ0) is 23.9. The molecule has 178 valence electrons. The van der Waals surface area contributed by atoms with Crippen molar-refractivity contribution >= 4 is 11.8 Å². The molecule has 0 spiro atoms. The average molecular weight is 464 g/mol. The van der Waals surface area contributed by atoms with Crippen LogP contribution in [0, 0.1) is 5.82 Å². The van der Waals surface area contributed by atoms with E-state index in [1.807, 2.05) is 26.0 Å². The van der Waals surface area contributed by atoms with Crippen LogP contribution >= 0.6 is 0 Å². The molecule has 6 nitrogen and oxygen atoms in total. The molecular weight excluding hydrogens is 433 g/mol. The number of anilines is 1. The number of ether oxygens (including phenoxy) is 2. The molecule has 4 rings (SSSR count). The Labute approximate surface area is 199 Å². The molecular formula is C27H30FN3O3. The Kier molecular flexibility index (Phi) is 7.75. The van der Waals surface area contributed by atoms with Crippen LogP contribution in [-0.4, -0.2) is 48.1 Å². The molecule has 7 heteroatoms. The Balaban J connectivity index is 1.32. The maximum absolute atomic E-state index is 13.1. The number of pyridine rings is 1. The number of hydrogen-bond acceptors (Lipinski definition) is 6. The fourth-order valence-electron chi connectivity index (χ4n) is 3.94. The highest BCUT2D eigenvalue weighted by Crippen LogP contribution is 2.22. The predicted molar refractivity (Wildman–Crippen MR) is 129 cm³/mol. The Bertz CT molecular complexity index is 1100. The van der Waals surface area contributed by atoms with Crippen LogP contribution in [0.2, 0.25) is 0 Å². The third kappa shape index (κ3) is 6.32. The lowest BCUT2D eigenvalue weighted by Crippen LogP contribution is -2.46. The van der Waals surface area contributed by atoms with E-state index in [0.717, 1.165) is 44.0 Å². The van der Waals surface area contributed by atoms with E-state index in [2.05, 4.69) is 26.9 Å². The monoisotopic (exact) mass is 463 g/mol. The summed E-state index contributed by atoms with van der Waals surface area (Å²) in [6, 6.07) is 18.0. The number of aromatic nitrogens is 1. The van der Waals surface area contributed by atoms with Crippen molar-refractivity contribution in [3.63, 3.8) is 0 Å². The van der Waals surface area contributed by atoms with Gasteiger partial charge in [0.1, 0.15) is 29.6 Å². The van der Waals surface area contributed by atoms with Gasteiger partial charge in [-0.1, -0.05) is 24.3 Å². The molecule has 0 bridgehead atoms. The van der Waals surface area contributed by atoms with Crippen LogP contribution in [0.5, 0.6) is 5.75 Å². The first-order valence-corrected chi connectivity index (χ1v) is 11.6. The largest absolute Gasteiger partial charge is 0.489 e. The van der Waals surface area contributed by atoms with Crippen LogP contribution in [-0.2, 0) is 17.9 Å². The first-order valence-electron chi connectivity index (χ1n) is 11.6. The topological polar surface area (TPSA) is 54.9 Å². The summed E-state index contributed by atoms with van der Waals surface area (Å²) in [5, 5.41) is 0. The normalized spacial score (nSPS) is 14.3. The highest BCUT2D eigenvalue weighted by molar-refractivity contribution is 5.94. The molecule has 0 amide bonds. The molecule has 3 aromatic rings. The van der Waals surface area contributed by atoms with Gasteiger partial charge < -0.3 is 14.4 Å². The summed E-state index contributed by atoms with van der Waals surface area (Å²) >= 11 is 0. The number of hydrogen-bond donors (Lipinski definition) is 0. The first kappa shape index (κ1) is 23.7. The second-order valence-corrected chi connectivity index (χ2v) is 8.65.